The number of hydrogen-bond acceptors (Lipinski definition) is 4. The van der Waals surface area contributed by atoms with Gasteiger partial charge in [0.2, 0.25) is 5.91 Å². The Morgan fingerprint density at radius 3 is 1.41 bits per heavy atom. The maximum atomic E-state index is 12.3. The number of amides is 1. The first-order valence-corrected chi connectivity index (χ1v) is 18.0. The molecule has 0 aliphatic rings. The molecular formula is C36H71NO4. The van der Waals surface area contributed by atoms with Crippen LogP contribution in [0.5, 0.6) is 0 Å². The highest BCUT2D eigenvalue weighted by atomic mass is 16.3. The molecule has 3 unspecified atom stereocenters. The molecule has 41 heavy (non-hydrogen) atoms. The van der Waals surface area contributed by atoms with E-state index in [0.717, 1.165) is 44.9 Å². The van der Waals surface area contributed by atoms with Crippen LogP contribution in [0.1, 0.15) is 187 Å². The lowest BCUT2D eigenvalue weighted by atomic mass is 9.99. The van der Waals surface area contributed by atoms with Crippen LogP contribution in [-0.2, 0) is 4.79 Å². The number of nitrogens with one attached hydrogen (secondary N) is 1. The third-order valence-corrected chi connectivity index (χ3v) is 8.37. The van der Waals surface area contributed by atoms with E-state index in [0.29, 0.717) is 12.8 Å². The first kappa shape index (κ1) is 40.1. The van der Waals surface area contributed by atoms with Crippen molar-refractivity contribution in [3.63, 3.8) is 0 Å². The van der Waals surface area contributed by atoms with E-state index in [-0.39, 0.29) is 12.5 Å². The van der Waals surface area contributed by atoms with Gasteiger partial charge in [0.15, 0.2) is 0 Å². The number of allylic oxidation sites excluding steroid dienone is 2. The molecule has 0 rings (SSSR count). The third kappa shape index (κ3) is 27.7. The summed E-state index contributed by atoms with van der Waals surface area (Å²) in [7, 11) is 0. The number of rotatable bonds is 32. The molecule has 4 N–H and O–H groups in total. The predicted octanol–water partition coefficient (Wildman–Crippen LogP) is 9.31. The molecule has 0 saturated carbocycles. The molecule has 0 radical (unpaired) electrons. The highest BCUT2D eigenvalue weighted by Crippen LogP contribution is 2.15. The van der Waals surface area contributed by atoms with Gasteiger partial charge >= 0.3 is 0 Å². The fourth-order valence-electron chi connectivity index (χ4n) is 5.51. The normalized spacial score (nSPS) is 14.0. The molecule has 244 valence electrons. The van der Waals surface area contributed by atoms with Crippen molar-refractivity contribution in [1.29, 1.82) is 0 Å². The summed E-state index contributed by atoms with van der Waals surface area (Å²) in [4.78, 5) is 12.3. The van der Waals surface area contributed by atoms with Crippen molar-refractivity contribution in [2.75, 3.05) is 6.61 Å². The van der Waals surface area contributed by atoms with Gasteiger partial charge in [-0.3, -0.25) is 4.79 Å². The molecule has 0 fully saturated rings. The molecule has 0 saturated heterocycles. The minimum Gasteiger partial charge on any atom is -0.394 e. The van der Waals surface area contributed by atoms with E-state index in [1.54, 1.807) is 0 Å². The summed E-state index contributed by atoms with van der Waals surface area (Å²) in [5.41, 5.74) is 0. The zero-order valence-electron chi connectivity index (χ0n) is 27.4. The van der Waals surface area contributed by atoms with Crippen LogP contribution in [0.15, 0.2) is 12.2 Å². The van der Waals surface area contributed by atoms with Crippen molar-refractivity contribution >= 4 is 5.91 Å². The van der Waals surface area contributed by atoms with Gasteiger partial charge in [-0.05, 0) is 38.5 Å². The number of unbranched alkanes of at least 4 members (excludes halogenated alkanes) is 22. The molecule has 0 aliphatic heterocycles. The number of carbonyl (C=O) groups excluding carboxylic acids is 1. The first-order chi connectivity index (χ1) is 20.1. The SMILES string of the molecule is CCCCCCCC/C=C\CCCCCC(=O)NC(CO)C(O)C(O)CCCCCCCCCCCCCCCC. The number of carbonyl (C=O) groups is 1. The van der Waals surface area contributed by atoms with Crippen LogP contribution in [0.2, 0.25) is 0 Å². The summed E-state index contributed by atoms with van der Waals surface area (Å²) in [6.45, 7) is 4.14. The summed E-state index contributed by atoms with van der Waals surface area (Å²) >= 11 is 0. The molecule has 5 heteroatoms. The number of aliphatic hydroxyl groups is 3. The quantitative estimate of drug-likeness (QED) is 0.0471. The Hall–Kier alpha value is -0.910. The first-order valence-electron chi connectivity index (χ1n) is 18.0. The second-order valence-electron chi connectivity index (χ2n) is 12.4. The van der Waals surface area contributed by atoms with Crippen molar-refractivity contribution in [3.05, 3.63) is 12.2 Å². The minimum absolute atomic E-state index is 0.162. The van der Waals surface area contributed by atoms with Gasteiger partial charge in [-0.25, -0.2) is 0 Å². The van der Waals surface area contributed by atoms with Gasteiger partial charge in [0.25, 0.3) is 0 Å². The largest absolute Gasteiger partial charge is 0.394 e. The van der Waals surface area contributed by atoms with Gasteiger partial charge in [-0.1, -0.05) is 154 Å². The van der Waals surface area contributed by atoms with E-state index < -0.39 is 18.2 Å². The van der Waals surface area contributed by atoms with Crippen LogP contribution >= 0.6 is 0 Å². The van der Waals surface area contributed by atoms with Crippen LogP contribution in [0, 0.1) is 0 Å². The molecule has 1 amide bonds. The lowest BCUT2D eigenvalue weighted by molar-refractivity contribution is -0.124. The zero-order chi connectivity index (χ0) is 30.2. The highest BCUT2D eigenvalue weighted by molar-refractivity contribution is 5.76. The Labute approximate surface area is 255 Å². The molecule has 0 aromatic rings. The van der Waals surface area contributed by atoms with Crippen molar-refractivity contribution < 1.29 is 20.1 Å². The van der Waals surface area contributed by atoms with Crippen molar-refractivity contribution in [1.82, 2.24) is 5.32 Å². The maximum Gasteiger partial charge on any atom is 0.220 e. The Balaban J connectivity index is 3.72. The average Bonchev–Trinajstić information content (AvgIpc) is 2.97. The van der Waals surface area contributed by atoms with E-state index >= 15 is 0 Å². The highest BCUT2D eigenvalue weighted by Gasteiger charge is 2.26. The maximum absolute atomic E-state index is 12.3. The van der Waals surface area contributed by atoms with E-state index in [4.69, 9.17) is 0 Å². The Bertz CT molecular complexity index is 568. The molecule has 3 atom stereocenters. The fourth-order valence-corrected chi connectivity index (χ4v) is 5.51. The van der Waals surface area contributed by atoms with E-state index in [1.165, 1.54) is 116 Å². The molecule has 0 heterocycles. The summed E-state index contributed by atoms with van der Waals surface area (Å²) in [6, 6.07) is -0.811. The second-order valence-corrected chi connectivity index (χ2v) is 12.4. The van der Waals surface area contributed by atoms with E-state index in [1.807, 2.05) is 0 Å². The molecular weight excluding hydrogens is 510 g/mol. The van der Waals surface area contributed by atoms with Crippen molar-refractivity contribution in [3.8, 4) is 0 Å². The van der Waals surface area contributed by atoms with Gasteiger partial charge in [0.05, 0.1) is 18.8 Å². The van der Waals surface area contributed by atoms with Crippen molar-refractivity contribution in [2.24, 2.45) is 0 Å². The second kappa shape index (κ2) is 32.0. The van der Waals surface area contributed by atoms with Crippen LogP contribution in [0.4, 0.5) is 0 Å². The Kier molecular flexibility index (Phi) is 31.3. The Morgan fingerprint density at radius 2 is 0.976 bits per heavy atom. The Morgan fingerprint density at radius 1 is 0.585 bits per heavy atom. The molecule has 5 nitrogen and oxygen atoms in total. The molecule has 0 aromatic carbocycles. The summed E-state index contributed by atoms with van der Waals surface area (Å²) in [6.07, 6.45) is 34.4. The molecule has 0 spiro atoms. The molecule has 0 aromatic heterocycles. The summed E-state index contributed by atoms with van der Waals surface area (Å²) in [5, 5.41) is 33.3. The van der Waals surface area contributed by atoms with Crippen LogP contribution in [0.3, 0.4) is 0 Å². The van der Waals surface area contributed by atoms with Crippen LogP contribution in [0.25, 0.3) is 0 Å². The molecule has 0 bridgehead atoms. The monoisotopic (exact) mass is 582 g/mol. The van der Waals surface area contributed by atoms with Gasteiger partial charge in [0.1, 0.15) is 6.10 Å². The predicted molar refractivity (Wildman–Crippen MR) is 176 cm³/mol. The average molecular weight is 582 g/mol. The lowest BCUT2D eigenvalue weighted by Crippen LogP contribution is -2.50. The number of hydrogen-bond donors (Lipinski definition) is 4. The smallest absolute Gasteiger partial charge is 0.220 e. The minimum atomic E-state index is -1.14. The number of aliphatic hydroxyl groups excluding tert-OH is 3. The van der Waals surface area contributed by atoms with Gasteiger partial charge in [0, 0.05) is 6.42 Å². The summed E-state index contributed by atoms with van der Waals surface area (Å²) < 4.78 is 0. The van der Waals surface area contributed by atoms with Crippen LogP contribution in [-0.4, -0.2) is 46.1 Å². The zero-order valence-corrected chi connectivity index (χ0v) is 27.4. The van der Waals surface area contributed by atoms with Crippen LogP contribution < -0.4 is 5.32 Å². The van der Waals surface area contributed by atoms with Gasteiger partial charge in [-0.15, -0.1) is 0 Å². The van der Waals surface area contributed by atoms with Crippen molar-refractivity contribution in [2.45, 2.75) is 205 Å². The van der Waals surface area contributed by atoms with Gasteiger partial charge in [-0.2, -0.15) is 0 Å². The van der Waals surface area contributed by atoms with Gasteiger partial charge < -0.3 is 20.6 Å². The topological polar surface area (TPSA) is 89.8 Å². The summed E-state index contributed by atoms with van der Waals surface area (Å²) in [5.74, 6) is -0.162. The fraction of sp³-hybridized carbons (Fsp3) is 0.917. The van der Waals surface area contributed by atoms with E-state index in [2.05, 4.69) is 31.3 Å². The van der Waals surface area contributed by atoms with E-state index in [9.17, 15) is 20.1 Å². The molecule has 0 aliphatic carbocycles. The lowest BCUT2D eigenvalue weighted by Gasteiger charge is -2.26. The third-order valence-electron chi connectivity index (χ3n) is 8.37. The standard InChI is InChI=1S/C36H71NO4/c1-3-5-7-9-11-13-15-17-19-20-22-24-26-28-30-34(39)36(41)33(32-38)37-35(40)31-29-27-25-23-21-18-16-14-12-10-8-6-4-2/h18,21,33-34,36,38-39,41H,3-17,19-20,22-32H2,1-2H3,(H,37,40)/b21-18-.